The van der Waals surface area contributed by atoms with Crippen molar-refractivity contribution < 1.29 is 28.4 Å². The van der Waals surface area contributed by atoms with E-state index < -0.39 is 0 Å². The van der Waals surface area contributed by atoms with Gasteiger partial charge in [-0.3, -0.25) is 0 Å². The molecule has 0 aromatic heterocycles. The number of hydrogen-bond acceptors (Lipinski definition) is 6. The topological polar surface area (TPSA) is 55.4 Å². The lowest BCUT2D eigenvalue weighted by molar-refractivity contribution is -0.0600. The molecule has 0 N–H and O–H groups in total. The van der Waals surface area contributed by atoms with E-state index in [2.05, 4.69) is 72.7 Å². The summed E-state index contributed by atoms with van der Waals surface area (Å²) in [4.78, 5) is 0. The fraction of sp³-hybridized carbons (Fsp3) is 0.517. The molecule has 0 radical (unpaired) electrons. The van der Waals surface area contributed by atoms with Crippen LogP contribution in [0.3, 0.4) is 0 Å². The van der Waals surface area contributed by atoms with Crippen LogP contribution in [0.15, 0.2) is 37.5 Å². The van der Waals surface area contributed by atoms with Crippen LogP contribution in [0.5, 0.6) is 0 Å². The van der Waals surface area contributed by atoms with Crippen molar-refractivity contribution >= 4 is 0 Å². The van der Waals surface area contributed by atoms with Gasteiger partial charge >= 0.3 is 0 Å². The van der Waals surface area contributed by atoms with Crippen molar-refractivity contribution in [1.82, 2.24) is 0 Å². The maximum Gasteiger partial charge on any atom is 0.109 e. The number of rotatable bonds is 14. The number of ether oxygens (including phenoxy) is 6. The summed E-state index contributed by atoms with van der Waals surface area (Å²) in [5.41, 5.74) is 0. The molecule has 186 valence electrons. The highest BCUT2D eigenvalue weighted by molar-refractivity contribution is 5.16. The minimum absolute atomic E-state index is 0.00159. The molecule has 0 heterocycles. The van der Waals surface area contributed by atoms with Crippen LogP contribution in [-0.2, 0) is 28.4 Å². The summed E-state index contributed by atoms with van der Waals surface area (Å²) in [7, 11) is 0. The molecule has 0 unspecified atom stereocenters. The molecular weight excluding hydrogens is 444 g/mol. The molecule has 0 aromatic carbocycles. The second-order valence-corrected chi connectivity index (χ2v) is 7.51. The lowest BCUT2D eigenvalue weighted by Gasteiger charge is -2.26. The molecule has 0 aromatic rings. The Morgan fingerprint density at radius 3 is 1.26 bits per heavy atom. The predicted octanol–water partition coefficient (Wildman–Crippen LogP) is 2.41. The fourth-order valence-corrected chi connectivity index (χ4v) is 3.55. The summed E-state index contributed by atoms with van der Waals surface area (Å²) in [5, 5.41) is 0. The third-order valence-electron chi connectivity index (χ3n) is 5.03. The molecule has 2 aliphatic carbocycles. The fourth-order valence-electron chi connectivity index (χ4n) is 3.55. The van der Waals surface area contributed by atoms with Gasteiger partial charge in [-0.15, -0.1) is 13.2 Å². The molecule has 4 atom stereocenters. The van der Waals surface area contributed by atoms with E-state index in [9.17, 15) is 0 Å². The molecule has 6 heteroatoms. The van der Waals surface area contributed by atoms with Crippen molar-refractivity contribution in [3.05, 3.63) is 37.5 Å². The zero-order chi connectivity index (χ0) is 24.8. The summed E-state index contributed by atoms with van der Waals surface area (Å²) < 4.78 is 33.1. The van der Waals surface area contributed by atoms with Gasteiger partial charge in [0.05, 0.1) is 25.4 Å². The summed E-state index contributed by atoms with van der Waals surface area (Å²) in [5.74, 6) is 24.1. The van der Waals surface area contributed by atoms with Crippen LogP contribution < -0.4 is 0 Å². The molecule has 0 amide bonds. The monoisotopic (exact) mass is 478 g/mol. The van der Waals surface area contributed by atoms with Gasteiger partial charge in [0, 0.05) is 11.8 Å². The van der Waals surface area contributed by atoms with Crippen LogP contribution in [-0.4, -0.2) is 78.3 Å². The van der Waals surface area contributed by atoms with Crippen molar-refractivity contribution in [2.75, 3.05) is 66.1 Å². The van der Waals surface area contributed by atoms with Crippen molar-refractivity contribution in [2.45, 2.75) is 18.6 Å². The SMILES string of the molecule is C=CCOCC#CCOCC#CCO[C@@H]1[C@H](OCC#CCOCC#CCOCC=C)[C@@H]2C=C[C@H]1C2. The van der Waals surface area contributed by atoms with E-state index in [0.29, 0.717) is 77.9 Å². The Labute approximate surface area is 210 Å². The van der Waals surface area contributed by atoms with Gasteiger partial charge in [0.2, 0.25) is 0 Å². The van der Waals surface area contributed by atoms with Crippen LogP contribution in [0.1, 0.15) is 6.42 Å². The van der Waals surface area contributed by atoms with Crippen molar-refractivity contribution in [2.24, 2.45) is 11.8 Å². The van der Waals surface area contributed by atoms with E-state index in [1.54, 1.807) is 12.2 Å². The first-order valence-corrected chi connectivity index (χ1v) is 11.6. The number of fused-ring (bicyclic) bond motifs is 2. The Morgan fingerprint density at radius 1 is 0.543 bits per heavy atom. The van der Waals surface area contributed by atoms with Crippen LogP contribution in [0.2, 0.25) is 0 Å². The van der Waals surface area contributed by atoms with Gasteiger partial charge in [-0.2, -0.15) is 0 Å². The maximum absolute atomic E-state index is 6.03. The van der Waals surface area contributed by atoms with Crippen LogP contribution in [0.4, 0.5) is 0 Å². The first-order chi connectivity index (χ1) is 17.4. The zero-order valence-corrected chi connectivity index (χ0v) is 20.3. The van der Waals surface area contributed by atoms with E-state index in [1.165, 1.54) is 0 Å². The molecule has 1 saturated carbocycles. The molecule has 0 saturated heterocycles. The zero-order valence-electron chi connectivity index (χ0n) is 20.3. The Bertz CT molecular complexity index is 834. The van der Waals surface area contributed by atoms with E-state index in [1.807, 2.05) is 0 Å². The van der Waals surface area contributed by atoms with Gasteiger partial charge in [0.15, 0.2) is 0 Å². The van der Waals surface area contributed by atoms with Crippen molar-refractivity contribution in [3.63, 3.8) is 0 Å². The molecule has 0 aliphatic heterocycles. The second kappa shape index (κ2) is 19.5. The second-order valence-electron chi connectivity index (χ2n) is 7.51. The van der Waals surface area contributed by atoms with Gasteiger partial charge in [0.25, 0.3) is 0 Å². The van der Waals surface area contributed by atoms with Gasteiger partial charge in [-0.1, -0.05) is 71.7 Å². The van der Waals surface area contributed by atoms with Crippen molar-refractivity contribution in [1.29, 1.82) is 0 Å². The van der Waals surface area contributed by atoms with Crippen molar-refractivity contribution in [3.8, 4) is 47.4 Å². The van der Waals surface area contributed by atoms with Crippen LogP contribution >= 0.6 is 0 Å². The Hall–Kier alpha value is -2.78. The van der Waals surface area contributed by atoms with Crippen LogP contribution in [0, 0.1) is 59.2 Å². The van der Waals surface area contributed by atoms with Crippen LogP contribution in [0.25, 0.3) is 0 Å². The van der Waals surface area contributed by atoms with Gasteiger partial charge in [-0.05, 0) is 6.42 Å². The molecule has 6 nitrogen and oxygen atoms in total. The Kier molecular flexibility index (Phi) is 15.9. The van der Waals surface area contributed by atoms with Gasteiger partial charge < -0.3 is 28.4 Å². The molecular formula is C29H34O6. The normalized spacial score (nSPS) is 20.9. The van der Waals surface area contributed by atoms with E-state index in [-0.39, 0.29) is 12.2 Å². The summed E-state index contributed by atoms with van der Waals surface area (Å²) in [6.07, 6.45) is 8.85. The smallest absolute Gasteiger partial charge is 0.109 e. The maximum atomic E-state index is 6.03. The molecule has 1 fully saturated rings. The standard InChI is InChI=1S/C29H34O6/c1-3-15-30-17-5-7-19-32-21-9-11-23-34-28-26-13-14-27(25-26)29(28)35-24-12-10-22-33-20-8-6-18-31-16-4-2/h3-4,13-14,26-29H,1-2,15-25H2/t26-,27+,28-,29+. The summed E-state index contributed by atoms with van der Waals surface area (Å²) in [6, 6.07) is 0. The number of hydrogen-bond donors (Lipinski definition) is 0. The average molecular weight is 479 g/mol. The summed E-state index contributed by atoms with van der Waals surface area (Å²) in [6.45, 7) is 10.8. The highest BCUT2D eigenvalue weighted by atomic mass is 16.5. The molecule has 2 aliphatic rings. The largest absolute Gasteiger partial charge is 0.365 e. The minimum atomic E-state index is -0.00159. The first-order valence-electron chi connectivity index (χ1n) is 11.6. The van der Waals surface area contributed by atoms with Gasteiger partial charge in [0.1, 0.15) is 52.9 Å². The lowest BCUT2D eigenvalue weighted by Crippen LogP contribution is -2.35. The Balaban J connectivity index is 1.57. The minimum Gasteiger partial charge on any atom is -0.365 e. The molecule has 2 rings (SSSR count). The summed E-state index contributed by atoms with van der Waals surface area (Å²) >= 11 is 0. The molecule has 0 spiro atoms. The van der Waals surface area contributed by atoms with Gasteiger partial charge in [-0.25, -0.2) is 0 Å². The predicted molar refractivity (Wildman–Crippen MR) is 135 cm³/mol. The lowest BCUT2D eigenvalue weighted by atomic mass is 10.0. The Morgan fingerprint density at radius 2 is 0.886 bits per heavy atom. The highest BCUT2D eigenvalue weighted by Crippen LogP contribution is 2.42. The van der Waals surface area contributed by atoms with E-state index in [0.717, 1.165) is 6.42 Å². The first kappa shape index (κ1) is 28.5. The third kappa shape index (κ3) is 12.5. The third-order valence-corrected chi connectivity index (χ3v) is 5.03. The molecule has 2 bridgehead atoms. The van der Waals surface area contributed by atoms with E-state index >= 15 is 0 Å². The molecule has 35 heavy (non-hydrogen) atoms. The van der Waals surface area contributed by atoms with E-state index in [4.69, 9.17) is 28.4 Å². The highest BCUT2D eigenvalue weighted by Gasteiger charge is 2.45. The average Bonchev–Trinajstić information content (AvgIpc) is 3.47. The quantitative estimate of drug-likeness (QED) is 0.217.